The normalized spacial score (nSPS) is 10.5. The van der Waals surface area contributed by atoms with Crippen LogP contribution >= 0.6 is 27.5 Å². The first-order valence-corrected chi connectivity index (χ1v) is 6.68. The van der Waals surface area contributed by atoms with Crippen LogP contribution in [0.25, 0.3) is 0 Å². The molecular weight excluding hydrogens is 335 g/mol. The Morgan fingerprint density at radius 3 is 2.89 bits per heavy atom. The standard InChI is InChI=1S/C13H11BrClFN2O/c14-10-4-11(15)12(16)5-13(10)19-7-8-1-2-18-9(3-8)6-17/h1-5H,6-7,17H2. The van der Waals surface area contributed by atoms with E-state index in [1.807, 2.05) is 12.1 Å². The monoisotopic (exact) mass is 344 g/mol. The molecule has 1 aromatic carbocycles. The van der Waals surface area contributed by atoms with Gasteiger partial charge in [-0.15, -0.1) is 0 Å². The summed E-state index contributed by atoms with van der Waals surface area (Å²) in [6.07, 6.45) is 1.67. The summed E-state index contributed by atoms with van der Waals surface area (Å²) < 4.78 is 19.5. The lowest BCUT2D eigenvalue weighted by atomic mass is 10.2. The average Bonchev–Trinajstić information content (AvgIpc) is 2.41. The zero-order valence-electron chi connectivity index (χ0n) is 9.87. The molecule has 0 bridgehead atoms. The topological polar surface area (TPSA) is 48.1 Å². The zero-order chi connectivity index (χ0) is 13.8. The van der Waals surface area contributed by atoms with Crippen molar-refractivity contribution in [1.29, 1.82) is 0 Å². The SMILES string of the molecule is NCc1cc(COc2cc(F)c(Cl)cc2Br)ccn1. The van der Waals surface area contributed by atoms with Crippen molar-refractivity contribution in [2.24, 2.45) is 5.73 Å². The zero-order valence-corrected chi connectivity index (χ0v) is 12.2. The molecule has 6 heteroatoms. The smallest absolute Gasteiger partial charge is 0.145 e. The fourth-order valence-electron chi connectivity index (χ4n) is 1.51. The van der Waals surface area contributed by atoms with E-state index in [1.54, 1.807) is 6.20 Å². The molecule has 0 saturated carbocycles. The maximum atomic E-state index is 13.3. The fraction of sp³-hybridized carbons (Fsp3) is 0.154. The summed E-state index contributed by atoms with van der Waals surface area (Å²) in [6, 6.07) is 6.38. The Morgan fingerprint density at radius 1 is 1.37 bits per heavy atom. The summed E-state index contributed by atoms with van der Waals surface area (Å²) in [7, 11) is 0. The second-order valence-electron chi connectivity index (χ2n) is 3.84. The van der Waals surface area contributed by atoms with Gasteiger partial charge >= 0.3 is 0 Å². The molecule has 2 N–H and O–H groups in total. The number of aromatic nitrogens is 1. The Kier molecular flexibility index (Phi) is 4.74. The Morgan fingerprint density at radius 2 is 2.16 bits per heavy atom. The van der Waals surface area contributed by atoms with Crippen LogP contribution in [0.5, 0.6) is 5.75 Å². The first kappa shape index (κ1) is 14.2. The quantitative estimate of drug-likeness (QED) is 0.860. The average molecular weight is 346 g/mol. The van der Waals surface area contributed by atoms with Crippen molar-refractivity contribution >= 4 is 27.5 Å². The summed E-state index contributed by atoms with van der Waals surface area (Å²) in [4.78, 5) is 4.09. The van der Waals surface area contributed by atoms with E-state index in [9.17, 15) is 4.39 Å². The number of rotatable bonds is 4. The van der Waals surface area contributed by atoms with E-state index in [-0.39, 0.29) is 5.02 Å². The molecule has 0 spiro atoms. The van der Waals surface area contributed by atoms with E-state index in [0.29, 0.717) is 23.4 Å². The Balaban J connectivity index is 2.12. The highest BCUT2D eigenvalue weighted by Gasteiger charge is 2.08. The molecule has 0 aliphatic heterocycles. The van der Waals surface area contributed by atoms with E-state index in [0.717, 1.165) is 11.3 Å². The van der Waals surface area contributed by atoms with Crippen molar-refractivity contribution in [2.45, 2.75) is 13.2 Å². The molecule has 0 radical (unpaired) electrons. The Bertz CT molecular complexity index is 595. The van der Waals surface area contributed by atoms with Gasteiger partial charge < -0.3 is 10.5 Å². The molecule has 19 heavy (non-hydrogen) atoms. The van der Waals surface area contributed by atoms with Crippen molar-refractivity contribution < 1.29 is 9.13 Å². The van der Waals surface area contributed by atoms with Gasteiger partial charge in [0.2, 0.25) is 0 Å². The molecule has 1 heterocycles. The van der Waals surface area contributed by atoms with Crippen LogP contribution in [-0.4, -0.2) is 4.98 Å². The molecular formula is C13H11BrClFN2O. The van der Waals surface area contributed by atoms with E-state index in [1.165, 1.54) is 12.1 Å². The van der Waals surface area contributed by atoms with Crippen molar-refractivity contribution in [3.63, 3.8) is 0 Å². The van der Waals surface area contributed by atoms with Crippen LogP contribution < -0.4 is 10.5 Å². The van der Waals surface area contributed by atoms with Crippen molar-refractivity contribution in [3.8, 4) is 5.75 Å². The van der Waals surface area contributed by atoms with E-state index < -0.39 is 5.82 Å². The molecule has 0 unspecified atom stereocenters. The summed E-state index contributed by atoms with van der Waals surface area (Å²) in [5, 5.41) is 0.0496. The van der Waals surface area contributed by atoms with Gasteiger partial charge in [-0.2, -0.15) is 0 Å². The number of benzene rings is 1. The van der Waals surface area contributed by atoms with Gasteiger partial charge in [-0.1, -0.05) is 11.6 Å². The number of pyridine rings is 1. The second kappa shape index (κ2) is 6.32. The maximum absolute atomic E-state index is 13.3. The number of nitrogens with two attached hydrogens (primary N) is 1. The summed E-state index contributed by atoms with van der Waals surface area (Å²) >= 11 is 8.93. The van der Waals surface area contributed by atoms with Crippen molar-refractivity contribution in [1.82, 2.24) is 4.98 Å². The molecule has 0 atom stereocenters. The van der Waals surface area contributed by atoms with Gasteiger partial charge in [-0.3, -0.25) is 4.98 Å². The summed E-state index contributed by atoms with van der Waals surface area (Å²) in [5.74, 6) is -0.120. The maximum Gasteiger partial charge on any atom is 0.145 e. The highest BCUT2D eigenvalue weighted by atomic mass is 79.9. The van der Waals surface area contributed by atoms with Gasteiger partial charge in [0.25, 0.3) is 0 Å². The molecule has 0 aliphatic carbocycles. The van der Waals surface area contributed by atoms with Gasteiger partial charge in [0.1, 0.15) is 18.2 Å². The molecule has 0 amide bonds. The Labute approximate surface area is 123 Å². The lowest BCUT2D eigenvalue weighted by Gasteiger charge is -2.09. The van der Waals surface area contributed by atoms with Crippen LogP contribution in [-0.2, 0) is 13.2 Å². The summed E-state index contributed by atoms with van der Waals surface area (Å²) in [5.41, 5.74) is 7.21. The number of halogens is 3. The first-order chi connectivity index (χ1) is 9.10. The minimum absolute atomic E-state index is 0.0496. The van der Waals surface area contributed by atoms with Crippen molar-refractivity contribution in [2.75, 3.05) is 0 Å². The lowest BCUT2D eigenvalue weighted by molar-refractivity contribution is 0.302. The van der Waals surface area contributed by atoms with Crippen LogP contribution in [0.15, 0.2) is 34.9 Å². The van der Waals surface area contributed by atoms with E-state index in [4.69, 9.17) is 22.1 Å². The fourth-order valence-corrected chi connectivity index (χ4v) is 2.26. The summed E-state index contributed by atoms with van der Waals surface area (Å²) in [6.45, 7) is 0.669. The van der Waals surface area contributed by atoms with E-state index >= 15 is 0 Å². The molecule has 1 aromatic heterocycles. The van der Waals surface area contributed by atoms with Gasteiger partial charge in [-0.25, -0.2) is 4.39 Å². The lowest BCUT2D eigenvalue weighted by Crippen LogP contribution is -2.02. The molecule has 3 nitrogen and oxygen atoms in total. The third kappa shape index (κ3) is 3.65. The van der Waals surface area contributed by atoms with Gasteiger partial charge in [-0.05, 0) is 39.7 Å². The van der Waals surface area contributed by atoms with Gasteiger partial charge in [0, 0.05) is 18.8 Å². The van der Waals surface area contributed by atoms with Crippen LogP contribution in [0.2, 0.25) is 5.02 Å². The minimum Gasteiger partial charge on any atom is -0.488 e. The number of hydrogen-bond acceptors (Lipinski definition) is 3. The third-order valence-electron chi connectivity index (χ3n) is 2.46. The van der Waals surface area contributed by atoms with Crippen LogP contribution in [0.4, 0.5) is 4.39 Å². The first-order valence-electron chi connectivity index (χ1n) is 5.51. The molecule has 100 valence electrons. The van der Waals surface area contributed by atoms with Crippen molar-refractivity contribution in [3.05, 3.63) is 57.0 Å². The molecule has 0 aliphatic rings. The number of nitrogens with zero attached hydrogens (tertiary/aromatic N) is 1. The molecule has 0 fully saturated rings. The van der Waals surface area contributed by atoms with Crippen LogP contribution in [0, 0.1) is 5.82 Å². The highest BCUT2D eigenvalue weighted by Crippen LogP contribution is 2.31. The minimum atomic E-state index is -0.516. The van der Waals surface area contributed by atoms with Gasteiger partial charge in [0.15, 0.2) is 0 Å². The highest BCUT2D eigenvalue weighted by molar-refractivity contribution is 9.10. The molecule has 2 rings (SSSR count). The largest absolute Gasteiger partial charge is 0.488 e. The molecule has 2 aromatic rings. The van der Waals surface area contributed by atoms with E-state index in [2.05, 4.69) is 20.9 Å². The Hall–Kier alpha value is -1.17. The van der Waals surface area contributed by atoms with Crippen LogP contribution in [0.3, 0.4) is 0 Å². The predicted octanol–water partition coefficient (Wildman–Crippen LogP) is 3.67. The second-order valence-corrected chi connectivity index (χ2v) is 5.11. The predicted molar refractivity (Wildman–Crippen MR) is 75.6 cm³/mol. The number of hydrogen-bond donors (Lipinski definition) is 1. The number of ether oxygens (including phenoxy) is 1. The van der Waals surface area contributed by atoms with Crippen LogP contribution in [0.1, 0.15) is 11.3 Å². The molecule has 0 saturated heterocycles. The van der Waals surface area contributed by atoms with Gasteiger partial charge in [0.05, 0.1) is 15.2 Å². The third-order valence-corrected chi connectivity index (χ3v) is 3.37.